The lowest BCUT2D eigenvalue weighted by Crippen LogP contribution is -2.50. The maximum absolute atomic E-state index is 13.1. The second kappa shape index (κ2) is 7.47. The van der Waals surface area contributed by atoms with Gasteiger partial charge in [0.15, 0.2) is 11.2 Å². The molecule has 2 atom stereocenters. The summed E-state index contributed by atoms with van der Waals surface area (Å²) in [6.07, 6.45) is 1.90. The first-order valence-corrected chi connectivity index (χ1v) is 8.74. The molecule has 0 bridgehead atoms. The van der Waals surface area contributed by atoms with E-state index in [1.165, 1.54) is 0 Å². The predicted molar refractivity (Wildman–Crippen MR) is 92.6 cm³/mol. The van der Waals surface area contributed by atoms with Gasteiger partial charge in [-0.3, -0.25) is 9.59 Å². The summed E-state index contributed by atoms with van der Waals surface area (Å²) in [6, 6.07) is 9.53. The zero-order chi connectivity index (χ0) is 17.8. The normalized spacial score (nSPS) is 22.9. The number of ether oxygens (including phenoxy) is 2. The van der Waals surface area contributed by atoms with E-state index in [1.807, 2.05) is 58.0 Å². The molecule has 0 spiro atoms. The van der Waals surface area contributed by atoms with Gasteiger partial charge in [0.05, 0.1) is 0 Å². The Labute approximate surface area is 144 Å². The monoisotopic (exact) mass is 332 g/mol. The van der Waals surface area contributed by atoms with Gasteiger partial charge in [-0.1, -0.05) is 36.8 Å². The van der Waals surface area contributed by atoms with Crippen molar-refractivity contribution in [3.8, 4) is 0 Å². The number of hydrogen-bond donors (Lipinski definition) is 0. The number of rotatable bonds is 5. The van der Waals surface area contributed by atoms with Crippen molar-refractivity contribution in [2.75, 3.05) is 6.61 Å². The number of carbonyl (C=O) groups is 2. The van der Waals surface area contributed by atoms with Gasteiger partial charge in [0.25, 0.3) is 0 Å². The highest BCUT2D eigenvalue weighted by molar-refractivity contribution is 6.05. The van der Waals surface area contributed by atoms with Crippen molar-refractivity contribution in [3.63, 3.8) is 0 Å². The molecule has 0 radical (unpaired) electrons. The van der Waals surface area contributed by atoms with Crippen LogP contribution in [0.1, 0.15) is 65.0 Å². The third-order valence-electron chi connectivity index (χ3n) is 4.37. The van der Waals surface area contributed by atoms with Crippen molar-refractivity contribution in [3.05, 3.63) is 35.9 Å². The molecule has 4 heteroatoms. The molecule has 4 nitrogen and oxygen atoms in total. The maximum Gasteiger partial charge on any atom is 0.323 e. The first kappa shape index (κ1) is 18.7. The van der Waals surface area contributed by atoms with Crippen LogP contribution in [0.5, 0.6) is 0 Å². The van der Waals surface area contributed by atoms with E-state index in [2.05, 4.69) is 0 Å². The Hall–Kier alpha value is -1.68. The molecule has 0 heterocycles. The molecule has 0 amide bonds. The number of Topliss-reactive ketones (excluding diaryl/α,β-unsaturated/α-hetero) is 1. The van der Waals surface area contributed by atoms with Crippen LogP contribution in [-0.4, -0.2) is 24.0 Å². The van der Waals surface area contributed by atoms with E-state index in [1.54, 1.807) is 0 Å². The largest absolute Gasteiger partial charge is 0.459 e. The topological polar surface area (TPSA) is 52.6 Å². The molecular formula is C20H28O4. The minimum absolute atomic E-state index is 0.0645. The molecule has 1 aromatic carbocycles. The van der Waals surface area contributed by atoms with Crippen molar-refractivity contribution >= 4 is 11.8 Å². The Balaban J connectivity index is 2.50. The third kappa shape index (κ3) is 3.86. The molecule has 1 fully saturated rings. The van der Waals surface area contributed by atoms with E-state index < -0.39 is 23.1 Å². The first-order chi connectivity index (χ1) is 11.3. The smallest absolute Gasteiger partial charge is 0.323 e. The van der Waals surface area contributed by atoms with Gasteiger partial charge in [-0.25, -0.2) is 0 Å². The summed E-state index contributed by atoms with van der Waals surface area (Å²) in [4.78, 5) is 26.1. The van der Waals surface area contributed by atoms with Gasteiger partial charge in [0, 0.05) is 13.0 Å². The molecule has 0 N–H and O–H groups in total. The predicted octanol–water partition coefficient (Wildman–Crippen LogP) is 4.24. The summed E-state index contributed by atoms with van der Waals surface area (Å²) in [6.45, 7) is 7.78. The number of hydrogen-bond acceptors (Lipinski definition) is 4. The Kier molecular flexibility index (Phi) is 5.81. The fourth-order valence-corrected chi connectivity index (χ4v) is 3.34. The average molecular weight is 332 g/mol. The summed E-state index contributed by atoms with van der Waals surface area (Å²) in [5, 5.41) is 0. The van der Waals surface area contributed by atoms with Gasteiger partial charge >= 0.3 is 5.97 Å². The van der Waals surface area contributed by atoms with Gasteiger partial charge in [-0.2, -0.15) is 0 Å². The molecule has 1 saturated carbocycles. The second-order valence-corrected chi connectivity index (χ2v) is 7.35. The van der Waals surface area contributed by atoms with Crippen molar-refractivity contribution in [2.24, 2.45) is 5.41 Å². The number of ketones is 1. The highest BCUT2D eigenvalue weighted by atomic mass is 16.6. The van der Waals surface area contributed by atoms with Crippen LogP contribution in [0.2, 0.25) is 0 Å². The maximum atomic E-state index is 13.1. The highest BCUT2D eigenvalue weighted by Crippen LogP contribution is 2.47. The van der Waals surface area contributed by atoms with E-state index in [0.717, 1.165) is 18.4 Å². The molecule has 24 heavy (non-hydrogen) atoms. The summed E-state index contributed by atoms with van der Waals surface area (Å²) in [5.41, 5.74) is -1.04. The average Bonchev–Trinajstić information content (AvgIpc) is 2.53. The summed E-state index contributed by atoms with van der Waals surface area (Å²) in [7, 11) is 0. The number of carbonyl (C=O) groups excluding carboxylic acids is 2. The van der Waals surface area contributed by atoms with Gasteiger partial charge in [0.2, 0.25) is 0 Å². The van der Waals surface area contributed by atoms with Gasteiger partial charge in [0.1, 0.15) is 11.7 Å². The second-order valence-electron chi connectivity index (χ2n) is 7.35. The zero-order valence-electron chi connectivity index (χ0n) is 15.1. The van der Waals surface area contributed by atoms with Crippen LogP contribution in [0.3, 0.4) is 0 Å². The van der Waals surface area contributed by atoms with E-state index in [0.29, 0.717) is 19.4 Å². The molecule has 2 rings (SSSR count). The summed E-state index contributed by atoms with van der Waals surface area (Å²) in [5.74, 6) is -0.521. The fraction of sp³-hybridized carbons (Fsp3) is 0.600. The SMILES string of the molecule is CCOC(c1ccccc1)C1(C(=O)OC(C)(C)C)CCCCC1=O. The fourth-order valence-electron chi connectivity index (χ4n) is 3.34. The molecule has 1 aliphatic carbocycles. The summed E-state index contributed by atoms with van der Waals surface area (Å²) >= 11 is 0. The van der Waals surface area contributed by atoms with Crippen LogP contribution in [0.15, 0.2) is 30.3 Å². The Morgan fingerprint density at radius 1 is 1.21 bits per heavy atom. The van der Waals surface area contributed by atoms with Crippen LogP contribution in [0, 0.1) is 5.41 Å². The van der Waals surface area contributed by atoms with Gasteiger partial charge in [-0.15, -0.1) is 0 Å². The lowest BCUT2D eigenvalue weighted by molar-refractivity contribution is -0.184. The molecular weight excluding hydrogens is 304 g/mol. The number of benzene rings is 1. The highest BCUT2D eigenvalue weighted by Gasteiger charge is 2.55. The van der Waals surface area contributed by atoms with Gasteiger partial charge in [-0.05, 0) is 46.1 Å². The molecule has 2 unspecified atom stereocenters. The lowest BCUT2D eigenvalue weighted by atomic mass is 9.67. The minimum Gasteiger partial charge on any atom is -0.459 e. The van der Waals surface area contributed by atoms with E-state index in [4.69, 9.17) is 9.47 Å². The van der Waals surface area contributed by atoms with Crippen LogP contribution < -0.4 is 0 Å². The molecule has 1 aliphatic rings. The first-order valence-electron chi connectivity index (χ1n) is 8.74. The van der Waals surface area contributed by atoms with Crippen molar-refractivity contribution in [2.45, 2.75) is 65.1 Å². The zero-order valence-corrected chi connectivity index (χ0v) is 15.1. The van der Waals surface area contributed by atoms with E-state index in [9.17, 15) is 9.59 Å². The van der Waals surface area contributed by atoms with Crippen molar-refractivity contribution in [1.82, 2.24) is 0 Å². The van der Waals surface area contributed by atoms with Gasteiger partial charge < -0.3 is 9.47 Å². The Morgan fingerprint density at radius 3 is 2.42 bits per heavy atom. The van der Waals surface area contributed by atoms with Crippen molar-refractivity contribution < 1.29 is 19.1 Å². The van der Waals surface area contributed by atoms with Crippen molar-refractivity contribution in [1.29, 1.82) is 0 Å². The molecule has 0 aliphatic heterocycles. The van der Waals surface area contributed by atoms with Crippen LogP contribution in [0.25, 0.3) is 0 Å². The third-order valence-corrected chi connectivity index (χ3v) is 4.37. The van der Waals surface area contributed by atoms with E-state index in [-0.39, 0.29) is 5.78 Å². The standard InChI is InChI=1S/C20H28O4/c1-5-23-17(15-11-7-6-8-12-15)20(14-10-9-13-16(20)21)18(22)24-19(2,3)4/h6-8,11-12,17H,5,9-10,13-14H2,1-4H3. The molecule has 132 valence electrons. The lowest BCUT2D eigenvalue weighted by Gasteiger charge is -2.41. The molecule has 0 saturated heterocycles. The molecule has 0 aromatic heterocycles. The Morgan fingerprint density at radius 2 is 1.88 bits per heavy atom. The molecule has 1 aromatic rings. The van der Waals surface area contributed by atoms with Crippen LogP contribution in [-0.2, 0) is 19.1 Å². The van der Waals surface area contributed by atoms with E-state index >= 15 is 0 Å². The van der Waals surface area contributed by atoms with Crippen LogP contribution in [0.4, 0.5) is 0 Å². The number of esters is 1. The Bertz CT molecular complexity index is 573. The minimum atomic E-state index is -1.25. The van der Waals surface area contributed by atoms with Crippen LogP contribution >= 0.6 is 0 Å². The summed E-state index contributed by atoms with van der Waals surface area (Å²) < 4.78 is 11.6. The quantitative estimate of drug-likeness (QED) is 0.598.